The summed E-state index contributed by atoms with van der Waals surface area (Å²) in [4.78, 5) is 71.0. The van der Waals surface area contributed by atoms with Crippen LogP contribution in [0.2, 0.25) is 0 Å². The molecule has 0 bridgehead atoms. The number of imidazole rings is 2. The zero-order chi connectivity index (χ0) is 40.3. The second kappa shape index (κ2) is 17.0. The van der Waals surface area contributed by atoms with Crippen molar-refractivity contribution in [3.05, 3.63) is 58.3 Å². The van der Waals surface area contributed by atoms with E-state index in [-0.39, 0.29) is 53.1 Å². The molecule has 4 N–H and O–H groups in total. The first-order valence-electron chi connectivity index (χ1n) is 18.8. The number of hydrogen-bond donors (Lipinski definition) is 4. The first kappa shape index (κ1) is 40.8. The molecule has 2 aliphatic rings. The molecule has 0 saturated carbocycles. The third-order valence-corrected chi connectivity index (χ3v) is 10.4. The van der Waals surface area contributed by atoms with Gasteiger partial charge < -0.3 is 39.9 Å². The average Bonchev–Trinajstić information content (AvgIpc) is 3.92. The number of aromatic amines is 2. The minimum atomic E-state index is -0.764. The van der Waals surface area contributed by atoms with Gasteiger partial charge in [-0.3, -0.25) is 9.59 Å². The molecule has 296 valence electrons. The van der Waals surface area contributed by atoms with Crippen molar-refractivity contribution in [2.75, 3.05) is 27.3 Å². The maximum absolute atomic E-state index is 15.6. The zero-order valence-electron chi connectivity index (χ0n) is 33.3. The fourth-order valence-corrected chi connectivity index (χ4v) is 7.44. The number of benzene rings is 1. The number of methoxy groups -OCH3 is 2. The minimum Gasteiger partial charge on any atom is -0.453 e. The first-order chi connectivity index (χ1) is 26.0. The molecular formula is C40H53FN8O6. The van der Waals surface area contributed by atoms with Gasteiger partial charge >= 0.3 is 12.2 Å². The normalized spacial score (nSPS) is 20.6. The lowest BCUT2D eigenvalue weighted by Gasteiger charge is -2.30. The van der Waals surface area contributed by atoms with Gasteiger partial charge in [-0.05, 0) is 68.4 Å². The van der Waals surface area contributed by atoms with Gasteiger partial charge in [0.15, 0.2) is 0 Å². The number of alkyl carbamates (subject to hydrolysis) is 2. The first-order valence-corrected chi connectivity index (χ1v) is 18.8. The highest BCUT2D eigenvalue weighted by molar-refractivity contribution is 5.87. The summed E-state index contributed by atoms with van der Waals surface area (Å²) in [5, 5.41) is 5.34. The van der Waals surface area contributed by atoms with Crippen molar-refractivity contribution in [1.82, 2.24) is 40.4 Å². The molecule has 2 fully saturated rings. The lowest BCUT2D eigenvalue weighted by Crippen LogP contribution is -2.51. The molecule has 6 atom stereocenters. The van der Waals surface area contributed by atoms with E-state index in [0.29, 0.717) is 65.9 Å². The summed E-state index contributed by atoms with van der Waals surface area (Å²) in [6, 6.07) is 2.58. The smallest absolute Gasteiger partial charge is 0.407 e. The number of nitrogens with zero attached hydrogens (tertiary/aromatic N) is 4. The Morgan fingerprint density at radius 3 is 1.76 bits per heavy atom. The summed E-state index contributed by atoms with van der Waals surface area (Å²) in [5.41, 5.74) is 3.19. The van der Waals surface area contributed by atoms with E-state index in [1.807, 2.05) is 34.6 Å². The summed E-state index contributed by atoms with van der Waals surface area (Å²) in [5.74, 6) is 6.27. The van der Waals surface area contributed by atoms with Gasteiger partial charge in [0.2, 0.25) is 11.8 Å². The number of rotatable bonds is 9. The van der Waals surface area contributed by atoms with Crippen molar-refractivity contribution < 1.29 is 33.0 Å². The summed E-state index contributed by atoms with van der Waals surface area (Å²) < 4.78 is 25.1. The van der Waals surface area contributed by atoms with E-state index in [2.05, 4.69) is 46.3 Å². The molecule has 2 aromatic heterocycles. The Labute approximate surface area is 321 Å². The highest BCUT2D eigenvalue weighted by atomic mass is 19.1. The standard InChI is InChI=1S/C40H53FN8O6/c1-20(2)32(46-39(52)54-9)37(50)48-18-22(5)15-30(48)35-42-24(7)29(44-35)14-13-26-11-12-27(17-28(26)41)34-25(8)43-36(45-34)31-16-23(6)19-49(31)38(51)33(21(3)4)47-40(53)55-10/h11-12,17,20-23,30-33H,15-16,18-19H2,1-10H3,(H,42,44)(H,43,45)(H,46,52)(H,47,53)/t22-,23-,30-,31-,32-,33-/m0/s1. The molecule has 3 aromatic rings. The summed E-state index contributed by atoms with van der Waals surface area (Å²) in [6.45, 7) is 16.2. The van der Waals surface area contributed by atoms with Gasteiger partial charge in [-0.1, -0.05) is 53.5 Å². The Hall–Kier alpha value is -5.39. The minimum absolute atomic E-state index is 0.165. The number of halogens is 1. The van der Waals surface area contributed by atoms with E-state index in [1.54, 1.807) is 28.9 Å². The highest BCUT2D eigenvalue weighted by Gasteiger charge is 2.42. The van der Waals surface area contributed by atoms with Crippen LogP contribution in [0.1, 0.15) is 101 Å². The Balaban J connectivity index is 1.34. The number of nitrogens with one attached hydrogen (secondary N) is 4. The van der Waals surface area contributed by atoms with Crippen LogP contribution in [0, 0.1) is 55.2 Å². The van der Waals surface area contributed by atoms with Crippen LogP contribution < -0.4 is 10.6 Å². The lowest BCUT2D eigenvalue weighted by molar-refractivity contribution is -0.136. The summed E-state index contributed by atoms with van der Waals surface area (Å²) in [6.07, 6.45) is 0.0203. The van der Waals surface area contributed by atoms with Crippen LogP contribution in [-0.2, 0) is 19.1 Å². The van der Waals surface area contributed by atoms with E-state index >= 15 is 4.39 Å². The predicted octanol–water partition coefficient (Wildman–Crippen LogP) is 5.54. The molecular weight excluding hydrogens is 707 g/mol. The van der Waals surface area contributed by atoms with Gasteiger partial charge in [-0.25, -0.2) is 23.9 Å². The highest BCUT2D eigenvalue weighted by Crippen LogP contribution is 2.37. The van der Waals surface area contributed by atoms with Crippen molar-refractivity contribution in [2.45, 2.75) is 92.4 Å². The van der Waals surface area contributed by atoms with Crippen molar-refractivity contribution >= 4 is 24.0 Å². The number of ether oxygens (including phenoxy) is 2. The fraction of sp³-hybridized carbons (Fsp3) is 0.550. The Bertz CT molecular complexity index is 1980. The number of likely N-dealkylation sites (tertiary alicyclic amines) is 2. The number of aryl methyl sites for hydroxylation is 2. The molecule has 1 aromatic carbocycles. The average molecular weight is 761 g/mol. The summed E-state index contributed by atoms with van der Waals surface area (Å²) >= 11 is 0. The van der Waals surface area contributed by atoms with Crippen LogP contribution in [0.25, 0.3) is 11.3 Å². The number of amides is 4. The van der Waals surface area contributed by atoms with Crippen LogP contribution >= 0.6 is 0 Å². The number of hydrogen-bond acceptors (Lipinski definition) is 8. The van der Waals surface area contributed by atoms with Crippen molar-refractivity contribution in [3.63, 3.8) is 0 Å². The third-order valence-electron chi connectivity index (χ3n) is 10.4. The largest absolute Gasteiger partial charge is 0.453 e. The van der Waals surface area contributed by atoms with Crippen molar-refractivity contribution in [1.29, 1.82) is 0 Å². The quantitative estimate of drug-likeness (QED) is 0.206. The number of carbonyl (C=O) groups excluding carboxylic acids is 4. The molecule has 55 heavy (non-hydrogen) atoms. The van der Waals surface area contributed by atoms with E-state index in [1.165, 1.54) is 20.3 Å². The predicted molar refractivity (Wildman–Crippen MR) is 203 cm³/mol. The molecule has 0 aliphatic carbocycles. The third kappa shape index (κ3) is 8.95. The van der Waals surface area contributed by atoms with Gasteiger partial charge in [0, 0.05) is 18.7 Å². The second-order valence-corrected chi connectivity index (χ2v) is 15.5. The molecule has 0 spiro atoms. The molecule has 2 aliphatic heterocycles. The van der Waals surface area contributed by atoms with E-state index in [9.17, 15) is 19.2 Å². The zero-order valence-corrected chi connectivity index (χ0v) is 33.3. The maximum Gasteiger partial charge on any atom is 0.407 e. The molecule has 2 saturated heterocycles. The van der Waals surface area contributed by atoms with Gasteiger partial charge in [0.05, 0.1) is 48.9 Å². The van der Waals surface area contributed by atoms with Gasteiger partial charge in [0.1, 0.15) is 35.2 Å². The Kier molecular flexibility index (Phi) is 12.6. The lowest BCUT2D eigenvalue weighted by atomic mass is 10.0. The monoisotopic (exact) mass is 760 g/mol. The van der Waals surface area contributed by atoms with Crippen LogP contribution in [0.15, 0.2) is 18.2 Å². The van der Waals surface area contributed by atoms with E-state index in [0.717, 1.165) is 0 Å². The van der Waals surface area contributed by atoms with Gasteiger partial charge in [0.25, 0.3) is 0 Å². The Morgan fingerprint density at radius 1 is 0.800 bits per heavy atom. The molecule has 4 amide bonds. The number of aromatic nitrogens is 4. The van der Waals surface area contributed by atoms with Crippen LogP contribution in [0.5, 0.6) is 0 Å². The molecule has 15 heteroatoms. The maximum atomic E-state index is 15.6. The van der Waals surface area contributed by atoms with Crippen molar-refractivity contribution in [3.8, 4) is 23.1 Å². The van der Waals surface area contributed by atoms with E-state index in [4.69, 9.17) is 19.4 Å². The molecule has 4 heterocycles. The Morgan fingerprint density at radius 2 is 1.29 bits per heavy atom. The van der Waals surface area contributed by atoms with Crippen LogP contribution in [0.4, 0.5) is 14.0 Å². The van der Waals surface area contributed by atoms with Crippen molar-refractivity contribution in [2.24, 2.45) is 23.7 Å². The topological polar surface area (TPSA) is 175 Å². The molecule has 0 unspecified atom stereocenters. The molecule has 5 rings (SSSR count). The molecule has 0 radical (unpaired) electrons. The summed E-state index contributed by atoms with van der Waals surface area (Å²) in [7, 11) is 2.52. The molecule has 14 nitrogen and oxygen atoms in total. The number of H-pyrrole nitrogens is 2. The van der Waals surface area contributed by atoms with Crippen LogP contribution in [-0.4, -0.2) is 93.1 Å². The fourth-order valence-electron chi connectivity index (χ4n) is 7.44. The number of carbonyl (C=O) groups is 4. The van der Waals surface area contributed by atoms with Gasteiger partial charge in [-0.2, -0.15) is 0 Å². The van der Waals surface area contributed by atoms with E-state index < -0.39 is 30.1 Å². The SMILES string of the molecule is COC(=O)N[C@H](C(=O)N1C[C@@H](C)C[C@H]1c1nc(C)c(C#Cc2ccc(-c3[nH]c([C@@H]4C[C@H](C)CN4C(=O)[C@@H](NC(=O)OC)C(C)C)nc3C)cc2F)[nH]1)C(C)C. The van der Waals surface area contributed by atoms with Gasteiger partial charge in [-0.15, -0.1) is 0 Å². The van der Waals surface area contributed by atoms with Crippen LogP contribution in [0.3, 0.4) is 0 Å². The second-order valence-electron chi connectivity index (χ2n) is 15.5.